The maximum absolute atomic E-state index is 5.49. The first kappa shape index (κ1) is 6.91. The molecule has 0 amide bonds. The van der Waals surface area contributed by atoms with Crippen molar-refractivity contribution in [1.82, 2.24) is 4.98 Å². The quantitative estimate of drug-likeness (QED) is 0.453. The van der Waals surface area contributed by atoms with E-state index in [9.17, 15) is 0 Å². The number of aromatic nitrogens is 1. The predicted molar refractivity (Wildman–Crippen MR) is 38.7 cm³/mol. The summed E-state index contributed by atoms with van der Waals surface area (Å²) in [6.07, 6.45) is 8.35. The maximum atomic E-state index is 5.49. The van der Waals surface area contributed by atoms with Gasteiger partial charge in [0.25, 0.3) is 0 Å². The molecule has 0 saturated carbocycles. The second-order valence-electron chi connectivity index (χ2n) is 1.54. The lowest BCUT2D eigenvalue weighted by Crippen LogP contribution is -1.82. The molecule has 0 atom stereocenters. The molecule has 10 heavy (non-hydrogen) atoms. The van der Waals surface area contributed by atoms with Crippen molar-refractivity contribution in [3.05, 3.63) is 23.5 Å². The third kappa shape index (κ3) is 1.64. The van der Waals surface area contributed by atoms with Gasteiger partial charge in [0, 0.05) is 0 Å². The van der Waals surface area contributed by atoms with E-state index in [1.807, 2.05) is 6.11 Å². The van der Waals surface area contributed by atoms with Crippen LogP contribution >= 0.6 is 11.6 Å². The molecule has 0 bridgehead atoms. The summed E-state index contributed by atoms with van der Waals surface area (Å²) in [6, 6.07) is 3.25. The van der Waals surface area contributed by atoms with Gasteiger partial charge in [-0.15, -0.1) is 0 Å². The Balaban J connectivity index is 2.81. The fraction of sp³-hybridized carbons (Fsp3) is 0. The van der Waals surface area contributed by atoms with Crippen molar-refractivity contribution in [2.75, 3.05) is 0 Å². The zero-order valence-electron chi connectivity index (χ0n) is 5.04. The molecule has 0 aliphatic heterocycles. The highest BCUT2D eigenvalue weighted by molar-refractivity contribution is 6.29. The van der Waals surface area contributed by atoms with Crippen LogP contribution in [0.25, 0.3) is 0 Å². The van der Waals surface area contributed by atoms with Crippen molar-refractivity contribution in [3.63, 3.8) is 0 Å². The van der Waals surface area contributed by atoms with Gasteiger partial charge in [0.05, 0.1) is 6.20 Å². The van der Waals surface area contributed by atoms with Gasteiger partial charge >= 0.3 is 0 Å². The molecule has 1 aromatic heterocycles. The van der Waals surface area contributed by atoms with Crippen LogP contribution in [0.15, 0.2) is 18.3 Å². The largest absolute Gasteiger partial charge is 0.406 e. The average molecular weight is 154 g/mol. The van der Waals surface area contributed by atoms with Crippen LogP contribution in [0.2, 0.25) is 5.15 Å². The zero-order chi connectivity index (χ0) is 7.40. The molecule has 0 saturated heterocycles. The van der Waals surface area contributed by atoms with Gasteiger partial charge in [0.2, 0.25) is 0 Å². The van der Waals surface area contributed by atoms with Crippen LogP contribution in [-0.2, 0) is 0 Å². The van der Waals surface area contributed by atoms with E-state index in [4.69, 9.17) is 18.0 Å². The monoisotopic (exact) mass is 153 g/mol. The van der Waals surface area contributed by atoms with Crippen LogP contribution in [0.1, 0.15) is 0 Å². The van der Waals surface area contributed by atoms with Gasteiger partial charge in [-0.05, 0) is 12.1 Å². The van der Waals surface area contributed by atoms with E-state index in [2.05, 4.69) is 9.72 Å². The molecule has 0 spiro atoms. The Morgan fingerprint density at radius 2 is 2.40 bits per heavy atom. The van der Waals surface area contributed by atoms with Crippen LogP contribution in [0.3, 0.4) is 0 Å². The Morgan fingerprint density at radius 1 is 1.60 bits per heavy atom. The van der Waals surface area contributed by atoms with Gasteiger partial charge < -0.3 is 4.74 Å². The van der Waals surface area contributed by atoms with Gasteiger partial charge in [0.1, 0.15) is 11.3 Å². The van der Waals surface area contributed by atoms with E-state index < -0.39 is 0 Å². The van der Waals surface area contributed by atoms with Gasteiger partial charge in [-0.3, -0.25) is 0 Å². The van der Waals surface area contributed by atoms with Crippen molar-refractivity contribution in [3.8, 4) is 18.3 Å². The number of pyridine rings is 1. The molecule has 2 nitrogen and oxygen atoms in total. The number of terminal acetylenes is 1. The molecular formula is C7H4ClNO. The first-order chi connectivity index (χ1) is 4.83. The van der Waals surface area contributed by atoms with Crippen LogP contribution in [0, 0.1) is 12.5 Å². The predicted octanol–water partition coefficient (Wildman–Crippen LogP) is 1.70. The first-order valence-electron chi connectivity index (χ1n) is 2.57. The van der Waals surface area contributed by atoms with E-state index >= 15 is 0 Å². The molecule has 1 heterocycles. The molecule has 1 rings (SSSR count). The summed E-state index contributed by atoms with van der Waals surface area (Å²) in [5.41, 5.74) is 0. The van der Waals surface area contributed by atoms with Crippen LogP contribution in [0.4, 0.5) is 0 Å². The number of halogens is 1. The molecule has 0 radical (unpaired) electrons. The highest BCUT2D eigenvalue weighted by Gasteiger charge is 1.90. The van der Waals surface area contributed by atoms with Crippen molar-refractivity contribution in [1.29, 1.82) is 0 Å². The SMILES string of the molecule is C#COc1ccc(Cl)nc1. The maximum Gasteiger partial charge on any atom is 0.158 e. The lowest BCUT2D eigenvalue weighted by molar-refractivity contribution is 0.518. The third-order valence-corrected chi connectivity index (χ3v) is 1.10. The number of ether oxygens (including phenoxy) is 1. The minimum absolute atomic E-state index is 0.421. The Kier molecular flexibility index (Phi) is 2.14. The second-order valence-corrected chi connectivity index (χ2v) is 1.92. The van der Waals surface area contributed by atoms with E-state index in [0.717, 1.165) is 0 Å². The Labute approximate surface area is 63.8 Å². The average Bonchev–Trinajstić information content (AvgIpc) is 1.95. The van der Waals surface area contributed by atoms with Crippen molar-refractivity contribution < 1.29 is 4.74 Å². The molecule has 0 aliphatic rings. The lowest BCUT2D eigenvalue weighted by Gasteiger charge is -1.93. The lowest BCUT2D eigenvalue weighted by atomic mass is 10.5. The van der Waals surface area contributed by atoms with Gasteiger partial charge in [-0.2, -0.15) is 0 Å². The van der Waals surface area contributed by atoms with E-state index in [0.29, 0.717) is 10.9 Å². The number of hydrogen-bond acceptors (Lipinski definition) is 2. The van der Waals surface area contributed by atoms with Crippen LogP contribution in [0.5, 0.6) is 5.75 Å². The Bertz CT molecular complexity index is 249. The molecule has 0 aliphatic carbocycles. The molecule has 0 aromatic carbocycles. The molecule has 50 valence electrons. The first-order valence-corrected chi connectivity index (χ1v) is 2.95. The van der Waals surface area contributed by atoms with Gasteiger partial charge in [0.15, 0.2) is 5.75 Å². The fourth-order valence-electron chi connectivity index (χ4n) is 0.491. The highest BCUT2D eigenvalue weighted by atomic mass is 35.5. The van der Waals surface area contributed by atoms with Crippen LogP contribution < -0.4 is 4.74 Å². The van der Waals surface area contributed by atoms with E-state index in [1.54, 1.807) is 12.1 Å². The second kappa shape index (κ2) is 3.09. The van der Waals surface area contributed by atoms with E-state index in [-0.39, 0.29) is 0 Å². The van der Waals surface area contributed by atoms with Crippen LogP contribution in [-0.4, -0.2) is 4.98 Å². The number of hydrogen-bond donors (Lipinski definition) is 0. The molecule has 0 unspecified atom stereocenters. The number of nitrogens with zero attached hydrogens (tertiary/aromatic N) is 1. The topological polar surface area (TPSA) is 22.1 Å². The molecular weight excluding hydrogens is 150 g/mol. The summed E-state index contributed by atoms with van der Waals surface area (Å²) >= 11 is 5.49. The standard InChI is InChI=1S/C7H4ClNO/c1-2-10-6-3-4-7(8)9-5-6/h1,3-5H. The molecule has 0 fully saturated rings. The van der Waals surface area contributed by atoms with Crippen molar-refractivity contribution >= 4 is 11.6 Å². The Morgan fingerprint density at radius 3 is 2.90 bits per heavy atom. The smallest absolute Gasteiger partial charge is 0.158 e. The van der Waals surface area contributed by atoms with Gasteiger partial charge in [-0.25, -0.2) is 4.98 Å². The summed E-state index contributed by atoms with van der Waals surface area (Å²) in [5.74, 6) is 0.520. The van der Waals surface area contributed by atoms with Crippen molar-refractivity contribution in [2.45, 2.75) is 0 Å². The molecule has 3 heteroatoms. The number of rotatable bonds is 1. The summed E-state index contributed by atoms with van der Waals surface area (Å²) in [7, 11) is 0. The summed E-state index contributed by atoms with van der Waals surface area (Å²) in [5, 5.41) is 0.421. The van der Waals surface area contributed by atoms with E-state index in [1.165, 1.54) is 6.20 Å². The minimum atomic E-state index is 0.421. The van der Waals surface area contributed by atoms with Gasteiger partial charge in [-0.1, -0.05) is 18.0 Å². The summed E-state index contributed by atoms with van der Waals surface area (Å²) in [6.45, 7) is 0. The highest BCUT2D eigenvalue weighted by Crippen LogP contribution is 2.10. The summed E-state index contributed by atoms with van der Waals surface area (Å²) in [4.78, 5) is 3.74. The van der Waals surface area contributed by atoms with Crippen molar-refractivity contribution in [2.24, 2.45) is 0 Å². The third-order valence-electron chi connectivity index (χ3n) is 0.877. The minimum Gasteiger partial charge on any atom is -0.406 e. The Hall–Kier alpha value is -1.20. The molecule has 0 N–H and O–H groups in total. The normalized spacial score (nSPS) is 8.40. The summed E-state index contributed by atoms with van der Waals surface area (Å²) < 4.78 is 4.67. The molecule has 1 aromatic rings. The fourth-order valence-corrected chi connectivity index (χ4v) is 0.602. The zero-order valence-corrected chi connectivity index (χ0v) is 5.80.